The van der Waals surface area contributed by atoms with E-state index in [2.05, 4.69) is 36.9 Å². The largest absolute Gasteiger partial charge is 0.481 e. The van der Waals surface area contributed by atoms with Crippen LogP contribution in [0, 0.1) is 5.92 Å². The van der Waals surface area contributed by atoms with Crippen molar-refractivity contribution in [2.24, 2.45) is 28.1 Å². The summed E-state index contributed by atoms with van der Waals surface area (Å²) in [6.45, 7) is 3.16. The number of rotatable bonds is 28. The Morgan fingerprint density at radius 3 is 1.41 bits per heavy atom. The van der Waals surface area contributed by atoms with Crippen LogP contribution < -0.4 is 49.1 Å². The third-order valence-electron chi connectivity index (χ3n) is 10.1. The van der Waals surface area contributed by atoms with Crippen molar-refractivity contribution in [1.82, 2.24) is 31.9 Å². The molecule has 66 heavy (non-hydrogen) atoms. The van der Waals surface area contributed by atoms with E-state index in [0.29, 0.717) is 16.7 Å². The summed E-state index contributed by atoms with van der Waals surface area (Å²) >= 11 is 0. The highest BCUT2D eigenvalue weighted by Gasteiger charge is 2.32. The van der Waals surface area contributed by atoms with Crippen molar-refractivity contribution < 1.29 is 48.6 Å². The fourth-order valence-electron chi connectivity index (χ4n) is 6.68. The van der Waals surface area contributed by atoms with Crippen LogP contribution in [-0.4, -0.2) is 113 Å². The Morgan fingerprint density at radius 1 is 0.561 bits per heavy atom. The van der Waals surface area contributed by atoms with Gasteiger partial charge in [-0.2, -0.15) is 0 Å². The molecule has 0 aliphatic carbocycles. The number of carbonyl (C=O) groups is 8. The van der Waals surface area contributed by atoms with Crippen molar-refractivity contribution in [2.75, 3.05) is 13.1 Å². The molecule has 0 bridgehead atoms. The molecule has 356 valence electrons. The fraction of sp³-hybridized carbons (Fsp3) is 0.413. The summed E-state index contributed by atoms with van der Waals surface area (Å²) in [5, 5.41) is 34.6. The average molecular weight is 915 g/mol. The standard InChI is InChI=1S/C46H62N10O10/c1-28(2)23-34(52-38(57)27-51-41(61)35(24-29-13-6-3-7-14-29)54-40(60)32(47)20-21-39(58)59)42(62)55-37(26-31-17-10-5-11-18-31)44(64)56-36(25-30-15-8-4-9-16-30)43(63)53-33(45(65)66)19-12-22-50-46(48)49/h3-11,13-18,28,32-37H,12,19-27,47H2,1-2H3,(H,51,61)(H,52,57)(H,53,63)(H,54,60)(H,55,62)(H,56,64)(H,58,59)(H,65,66)(H4,48,49,50)/t32-,33-,34-,35-,36-,37-/m0/s1. The first-order chi connectivity index (χ1) is 31.4. The second-order valence-corrected chi connectivity index (χ2v) is 16.1. The van der Waals surface area contributed by atoms with Crippen molar-refractivity contribution in [3.05, 3.63) is 108 Å². The van der Waals surface area contributed by atoms with Crippen LogP contribution in [0.25, 0.3) is 0 Å². The lowest BCUT2D eigenvalue weighted by atomic mass is 10.00. The fourth-order valence-corrected chi connectivity index (χ4v) is 6.68. The molecule has 6 atom stereocenters. The minimum atomic E-state index is -1.34. The van der Waals surface area contributed by atoms with E-state index in [1.54, 1.807) is 91.0 Å². The van der Waals surface area contributed by atoms with Gasteiger partial charge in [-0.3, -0.25) is 38.6 Å². The number of nitrogens with zero attached hydrogens (tertiary/aromatic N) is 1. The first-order valence-electron chi connectivity index (χ1n) is 21.6. The molecule has 0 saturated heterocycles. The Balaban J connectivity index is 1.81. The molecule has 20 nitrogen and oxygen atoms in total. The van der Waals surface area contributed by atoms with Gasteiger partial charge in [0.1, 0.15) is 30.2 Å². The molecule has 0 spiro atoms. The topological polar surface area (TPSA) is 340 Å². The lowest BCUT2D eigenvalue weighted by Gasteiger charge is -2.27. The number of hydrogen-bond donors (Lipinski definition) is 11. The van der Waals surface area contributed by atoms with Crippen LogP contribution in [0.5, 0.6) is 0 Å². The van der Waals surface area contributed by atoms with E-state index in [1.807, 2.05) is 13.8 Å². The van der Waals surface area contributed by atoms with E-state index in [1.165, 1.54) is 0 Å². The number of amides is 6. The van der Waals surface area contributed by atoms with Gasteiger partial charge < -0.3 is 59.3 Å². The van der Waals surface area contributed by atoms with Crippen molar-refractivity contribution in [2.45, 2.75) is 101 Å². The second kappa shape index (κ2) is 27.8. The third kappa shape index (κ3) is 20.0. The number of benzene rings is 3. The normalized spacial score (nSPS) is 13.6. The molecule has 0 fully saturated rings. The molecule has 0 unspecified atom stereocenters. The Kier molecular flexibility index (Phi) is 22.3. The van der Waals surface area contributed by atoms with Crippen molar-refractivity contribution in [3.8, 4) is 0 Å². The monoisotopic (exact) mass is 914 g/mol. The zero-order valence-corrected chi connectivity index (χ0v) is 37.1. The lowest BCUT2D eigenvalue weighted by Crippen LogP contribution is -2.59. The predicted octanol–water partition coefficient (Wildman–Crippen LogP) is -0.369. The minimum absolute atomic E-state index is 0.0150. The number of carboxylic acid groups (broad SMARTS) is 2. The molecule has 3 rings (SSSR count). The summed E-state index contributed by atoms with van der Waals surface area (Å²) in [6, 6.07) is 18.7. The summed E-state index contributed by atoms with van der Waals surface area (Å²) in [7, 11) is 0. The van der Waals surface area contributed by atoms with E-state index < -0.39 is 90.2 Å². The quantitative estimate of drug-likeness (QED) is 0.0252. The first-order valence-corrected chi connectivity index (χ1v) is 21.6. The summed E-state index contributed by atoms with van der Waals surface area (Å²) in [4.78, 5) is 109. The molecule has 3 aromatic carbocycles. The van der Waals surface area contributed by atoms with Gasteiger partial charge >= 0.3 is 11.9 Å². The SMILES string of the molecule is CC(C)C[C@H](NC(=O)CNC(=O)[C@H](Cc1ccccc1)NC(=O)[C@@H](N)CCC(=O)O)C(=O)N[C@@H](Cc1ccccc1)C(=O)N[C@@H](Cc1ccccc1)C(=O)N[C@@H](CCCN=C(N)N)C(=O)O. The Morgan fingerprint density at radius 2 is 0.985 bits per heavy atom. The van der Waals surface area contributed by atoms with Crippen LogP contribution >= 0.6 is 0 Å². The summed E-state index contributed by atoms with van der Waals surface area (Å²) < 4.78 is 0. The molecule has 0 radical (unpaired) electrons. The van der Waals surface area contributed by atoms with Crippen molar-refractivity contribution >= 4 is 53.3 Å². The van der Waals surface area contributed by atoms with E-state index >= 15 is 0 Å². The third-order valence-corrected chi connectivity index (χ3v) is 10.1. The molecule has 0 saturated carbocycles. The summed E-state index contributed by atoms with van der Waals surface area (Å²) in [6.07, 6.45) is -0.248. The zero-order chi connectivity index (χ0) is 48.6. The predicted molar refractivity (Wildman–Crippen MR) is 245 cm³/mol. The maximum Gasteiger partial charge on any atom is 0.326 e. The van der Waals surface area contributed by atoms with Gasteiger partial charge in [-0.15, -0.1) is 0 Å². The molecule has 0 aliphatic rings. The second-order valence-electron chi connectivity index (χ2n) is 16.1. The van der Waals surface area contributed by atoms with E-state index in [9.17, 15) is 43.5 Å². The molecular weight excluding hydrogens is 853 g/mol. The molecule has 20 heteroatoms. The molecule has 3 aromatic rings. The van der Waals surface area contributed by atoms with Gasteiger partial charge in [0.25, 0.3) is 0 Å². The van der Waals surface area contributed by atoms with Gasteiger partial charge in [0.05, 0.1) is 12.6 Å². The number of carboxylic acids is 2. The highest BCUT2D eigenvalue weighted by atomic mass is 16.4. The highest BCUT2D eigenvalue weighted by molar-refractivity contribution is 5.96. The maximum atomic E-state index is 14.2. The summed E-state index contributed by atoms with van der Waals surface area (Å²) in [5.74, 6) is -7.31. The minimum Gasteiger partial charge on any atom is -0.481 e. The number of aliphatic carboxylic acids is 2. The zero-order valence-electron chi connectivity index (χ0n) is 37.1. The van der Waals surface area contributed by atoms with Gasteiger partial charge in [-0.05, 0) is 48.3 Å². The van der Waals surface area contributed by atoms with Gasteiger partial charge in [0.15, 0.2) is 5.96 Å². The molecule has 6 amide bonds. The van der Waals surface area contributed by atoms with Crippen molar-refractivity contribution in [3.63, 3.8) is 0 Å². The number of carbonyl (C=O) groups excluding carboxylic acids is 6. The molecule has 0 heterocycles. The van der Waals surface area contributed by atoms with Gasteiger partial charge in [-0.1, -0.05) is 105 Å². The van der Waals surface area contributed by atoms with E-state index in [-0.39, 0.29) is 69.8 Å². The van der Waals surface area contributed by atoms with E-state index in [4.69, 9.17) is 22.3 Å². The Labute approximate surface area is 383 Å². The molecular formula is C46H62N10O10. The molecule has 14 N–H and O–H groups in total. The van der Waals surface area contributed by atoms with Crippen LogP contribution in [0.2, 0.25) is 0 Å². The summed E-state index contributed by atoms with van der Waals surface area (Å²) in [5.41, 5.74) is 18.6. The van der Waals surface area contributed by atoms with Gasteiger partial charge in [-0.25, -0.2) is 4.79 Å². The Bertz CT molecular complexity index is 2100. The smallest absolute Gasteiger partial charge is 0.326 e. The highest BCUT2D eigenvalue weighted by Crippen LogP contribution is 2.11. The number of nitrogens with one attached hydrogen (secondary N) is 6. The maximum absolute atomic E-state index is 14.2. The van der Waals surface area contributed by atoms with Gasteiger partial charge in [0, 0.05) is 32.2 Å². The first kappa shape index (κ1) is 53.0. The van der Waals surface area contributed by atoms with Crippen molar-refractivity contribution in [1.29, 1.82) is 0 Å². The Hall–Kier alpha value is -7.35. The van der Waals surface area contributed by atoms with E-state index in [0.717, 1.165) is 0 Å². The van der Waals surface area contributed by atoms with Crippen LogP contribution in [0.1, 0.15) is 62.6 Å². The van der Waals surface area contributed by atoms with Crippen LogP contribution in [0.4, 0.5) is 0 Å². The molecule has 0 aliphatic heterocycles. The van der Waals surface area contributed by atoms with Crippen LogP contribution in [0.3, 0.4) is 0 Å². The number of nitrogens with two attached hydrogens (primary N) is 3. The number of aliphatic imine (C=N–C) groups is 1. The average Bonchev–Trinajstić information content (AvgIpc) is 3.27. The van der Waals surface area contributed by atoms with Gasteiger partial charge in [0.2, 0.25) is 35.4 Å². The van der Waals surface area contributed by atoms with Crippen LogP contribution in [-0.2, 0) is 57.6 Å². The van der Waals surface area contributed by atoms with Crippen LogP contribution in [0.15, 0.2) is 96.0 Å². The molecule has 0 aromatic heterocycles. The number of hydrogen-bond acceptors (Lipinski definition) is 10. The lowest BCUT2D eigenvalue weighted by molar-refractivity contribution is -0.142. The number of guanidine groups is 1.